The molecule has 0 heterocycles. The maximum atomic E-state index is 10.2. The van der Waals surface area contributed by atoms with E-state index in [1.807, 2.05) is 41.5 Å². The van der Waals surface area contributed by atoms with E-state index in [1.165, 1.54) is 0 Å². The summed E-state index contributed by atoms with van der Waals surface area (Å²) in [5, 5.41) is 20.4. The van der Waals surface area contributed by atoms with Crippen LogP contribution >= 0.6 is 0 Å². The van der Waals surface area contributed by atoms with Gasteiger partial charge in [0.15, 0.2) is 0 Å². The van der Waals surface area contributed by atoms with Crippen molar-refractivity contribution in [3.05, 3.63) is 0 Å². The van der Waals surface area contributed by atoms with Crippen LogP contribution in [0.2, 0.25) is 0 Å². The summed E-state index contributed by atoms with van der Waals surface area (Å²) in [6.45, 7) is 19.2. The molecule has 19 heavy (non-hydrogen) atoms. The molecule has 3 heteroatoms. The fourth-order valence-electron chi connectivity index (χ4n) is 2.56. The lowest BCUT2D eigenvalue weighted by Crippen LogP contribution is -2.54. The Morgan fingerprint density at radius 1 is 0.632 bits per heavy atom. The predicted molar refractivity (Wildman–Crippen MR) is 80.2 cm³/mol. The first-order valence-electron chi connectivity index (χ1n) is 7.16. The number of hydrogen-bond donors (Lipinski definition) is 2. The molecule has 0 aromatic carbocycles. The largest absolute Gasteiger partial charge is 0.390 e. The predicted octanol–water partition coefficient (Wildman–Crippen LogP) is 3.37. The molecule has 0 bridgehead atoms. The Morgan fingerprint density at radius 2 is 0.842 bits per heavy atom. The van der Waals surface area contributed by atoms with E-state index in [9.17, 15) is 10.2 Å². The third kappa shape index (κ3) is 5.05. The van der Waals surface area contributed by atoms with Gasteiger partial charge in [0.2, 0.25) is 0 Å². The molecule has 2 unspecified atom stereocenters. The highest BCUT2D eigenvalue weighted by Crippen LogP contribution is 2.39. The first-order chi connectivity index (χ1) is 8.02. The molecule has 0 fully saturated rings. The van der Waals surface area contributed by atoms with Gasteiger partial charge in [-0.3, -0.25) is 0 Å². The van der Waals surface area contributed by atoms with Crippen LogP contribution in [0.3, 0.4) is 0 Å². The minimum Gasteiger partial charge on any atom is -0.390 e. The van der Waals surface area contributed by atoms with Crippen LogP contribution in [-0.4, -0.2) is 32.6 Å². The third-order valence-electron chi connectivity index (χ3n) is 4.73. The molecule has 2 atom stereocenters. The summed E-state index contributed by atoms with van der Waals surface area (Å²) in [5.41, 5.74) is -2.59. The molecule has 0 aliphatic heterocycles. The molecular weight excluding hydrogens is 240 g/mol. The van der Waals surface area contributed by atoms with Crippen LogP contribution in [0.25, 0.3) is 0 Å². The van der Waals surface area contributed by atoms with E-state index in [0.29, 0.717) is 0 Å². The van der Waals surface area contributed by atoms with Crippen molar-refractivity contribution >= 4 is 0 Å². The van der Waals surface area contributed by atoms with Crippen molar-refractivity contribution in [3.8, 4) is 0 Å². The Labute approximate surface area is 119 Å². The van der Waals surface area contributed by atoms with E-state index in [-0.39, 0.29) is 11.8 Å². The van der Waals surface area contributed by atoms with E-state index < -0.39 is 22.4 Å². The lowest BCUT2D eigenvalue weighted by atomic mass is 9.77. The van der Waals surface area contributed by atoms with Gasteiger partial charge in [0.25, 0.3) is 0 Å². The zero-order chi connectivity index (χ0) is 15.9. The van der Waals surface area contributed by atoms with Crippen molar-refractivity contribution in [2.24, 2.45) is 11.8 Å². The number of rotatable bonds is 6. The number of ether oxygens (including phenoxy) is 1. The van der Waals surface area contributed by atoms with Gasteiger partial charge in [-0.2, -0.15) is 0 Å². The molecule has 3 nitrogen and oxygen atoms in total. The monoisotopic (exact) mass is 274 g/mol. The summed E-state index contributed by atoms with van der Waals surface area (Å²) < 4.78 is 6.28. The number of hydrogen-bond acceptors (Lipinski definition) is 3. The Kier molecular flexibility index (Phi) is 5.31. The van der Waals surface area contributed by atoms with Gasteiger partial charge in [0.1, 0.15) is 0 Å². The van der Waals surface area contributed by atoms with Gasteiger partial charge < -0.3 is 14.9 Å². The molecule has 116 valence electrons. The highest BCUT2D eigenvalue weighted by molar-refractivity contribution is 4.93. The molecule has 0 aliphatic rings. The van der Waals surface area contributed by atoms with Gasteiger partial charge in [-0.05, 0) is 55.4 Å². The summed E-state index contributed by atoms with van der Waals surface area (Å²) in [6.07, 6.45) is 0. The third-order valence-corrected chi connectivity index (χ3v) is 4.73. The van der Waals surface area contributed by atoms with E-state index >= 15 is 0 Å². The zero-order valence-corrected chi connectivity index (χ0v) is 14.5. The molecule has 0 spiro atoms. The maximum absolute atomic E-state index is 10.2. The Morgan fingerprint density at radius 3 is 1.00 bits per heavy atom. The second-order valence-corrected chi connectivity index (χ2v) is 8.06. The molecule has 0 aliphatic carbocycles. The zero-order valence-electron chi connectivity index (χ0n) is 14.5. The van der Waals surface area contributed by atoms with Crippen LogP contribution < -0.4 is 0 Å². The van der Waals surface area contributed by atoms with Crippen molar-refractivity contribution in [1.29, 1.82) is 0 Å². The van der Waals surface area contributed by atoms with Gasteiger partial charge in [0, 0.05) is 11.8 Å². The van der Waals surface area contributed by atoms with Crippen LogP contribution in [0.5, 0.6) is 0 Å². The topological polar surface area (TPSA) is 49.7 Å². The highest BCUT2D eigenvalue weighted by Gasteiger charge is 2.45. The van der Waals surface area contributed by atoms with Crippen LogP contribution in [-0.2, 0) is 4.74 Å². The summed E-state index contributed by atoms with van der Waals surface area (Å²) in [5.74, 6) is -0.0680. The van der Waals surface area contributed by atoms with Crippen LogP contribution in [0.1, 0.15) is 69.2 Å². The van der Waals surface area contributed by atoms with Crippen molar-refractivity contribution < 1.29 is 14.9 Å². The van der Waals surface area contributed by atoms with Crippen molar-refractivity contribution in [2.45, 2.75) is 91.6 Å². The molecule has 0 saturated carbocycles. The summed E-state index contributed by atoms with van der Waals surface area (Å²) >= 11 is 0. The molecule has 0 amide bonds. The average Bonchev–Trinajstić information content (AvgIpc) is 2.10. The fraction of sp³-hybridized carbons (Fsp3) is 1.00. The molecular formula is C16H34O3. The molecule has 0 aromatic heterocycles. The Hall–Kier alpha value is -0.120. The molecule has 0 radical (unpaired) electrons. The lowest BCUT2D eigenvalue weighted by molar-refractivity contribution is -0.214. The lowest BCUT2D eigenvalue weighted by Gasteiger charge is -2.48. The van der Waals surface area contributed by atoms with E-state index in [0.717, 1.165) is 0 Å². The standard InChI is InChI=1S/C16H34O3/c1-11(13(3,4)17)15(7,8)19-16(9,10)12(2)14(5,6)18/h11-12,17-18H,1-10H3. The molecule has 0 aromatic rings. The minimum atomic E-state index is -0.808. The number of aliphatic hydroxyl groups is 2. The fourth-order valence-corrected chi connectivity index (χ4v) is 2.56. The van der Waals surface area contributed by atoms with Crippen LogP contribution in [0.4, 0.5) is 0 Å². The smallest absolute Gasteiger partial charge is 0.0686 e. The second kappa shape index (κ2) is 5.34. The van der Waals surface area contributed by atoms with Gasteiger partial charge >= 0.3 is 0 Å². The minimum absolute atomic E-state index is 0.0340. The molecule has 0 rings (SSSR count). The van der Waals surface area contributed by atoms with Crippen LogP contribution in [0, 0.1) is 11.8 Å². The van der Waals surface area contributed by atoms with E-state index in [1.54, 1.807) is 27.7 Å². The van der Waals surface area contributed by atoms with Gasteiger partial charge in [-0.1, -0.05) is 13.8 Å². The summed E-state index contributed by atoms with van der Waals surface area (Å²) in [4.78, 5) is 0. The summed E-state index contributed by atoms with van der Waals surface area (Å²) in [7, 11) is 0. The van der Waals surface area contributed by atoms with E-state index in [2.05, 4.69) is 0 Å². The Bertz CT molecular complexity index is 262. The van der Waals surface area contributed by atoms with Crippen molar-refractivity contribution in [2.75, 3.05) is 0 Å². The average molecular weight is 274 g/mol. The normalized spacial score (nSPS) is 18.3. The van der Waals surface area contributed by atoms with Crippen molar-refractivity contribution in [3.63, 3.8) is 0 Å². The van der Waals surface area contributed by atoms with Crippen molar-refractivity contribution in [1.82, 2.24) is 0 Å². The first-order valence-corrected chi connectivity index (χ1v) is 7.16. The highest BCUT2D eigenvalue weighted by atomic mass is 16.5. The Balaban J connectivity index is 5.11. The summed E-state index contributed by atoms with van der Waals surface area (Å²) in [6, 6.07) is 0. The van der Waals surface area contributed by atoms with E-state index in [4.69, 9.17) is 4.74 Å². The van der Waals surface area contributed by atoms with Gasteiger partial charge in [-0.25, -0.2) is 0 Å². The van der Waals surface area contributed by atoms with Gasteiger partial charge in [-0.15, -0.1) is 0 Å². The molecule has 0 saturated heterocycles. The maximum Gasteiger partial charge on any atom is 0.0686 e. The second-order valence-electron chi connectivity index (χ2n) is 8.06. The molecule has 2 N–H and O–H groups in total. The quantitative estimate of drug-likeness (QED) is 0.780. The van der Waals surface area contributed by atoms with Crippen LogP contribution in [0.15, 0.2) is 0 Å². The first kappa shape index (κ1) is 18.9. The SMILES string of the molecule is CC(C(C)(C)O)C(C)(C)OC(C)(C)C(C)C(C)(C)O. The van der Waals surface area contributed by atoms with Gasteiger partial charge in [0.05, 0.1) is 22.4 Å².